The molecule has 2 heterocycles. The Morgan fingerprint density at radius 1 is 1.05 bits per heavy atom. The Bertz CT molecular complexity index is 873. The fourth-order valence-electron chi connectivity index (χ4n) is 2.37. The van der Waals surface area contributed by atoms with Gasteiger partial charge in [-0.05, 0) is 30.3 Å². The molecule has 0 aliphatic rings. The molecular formula is C15H12N4O. The van der Waals surface area contributed by atoms with Gasteiger partial charge in [-0.2, -0.15) is 5.10 Å². The van der Waals surface area contributed by atoms with Crippen LogP contribution in [0.25, 0.3) is 33.5 Å². The van der Waals surface area contributed by atoms with Crippen molar-refractivity contribution in [1.82, 2.24) is 20.2 Å². The van der Waals surface area contributed by atoms with Gasteiger partial charge in [-0.15, -0.1) is 0 Å². The van der Waals surface area contributed by atoms with Crippen LogP contribution in [-0.4, -0.2) is 27.3 Å². The third-order valence-electron chi connectivity index (χ3n) is 3.38. The highest BCUT2D eigenvalue weighted by molar-refractivity contribution is 5.93. The minimum Gasteiger partial charge on any atom is -0.497 e. The van der Waals surface area contributed by atoms with Gasteiger partial charge in [0.05, 0.1) is 23.7 Å². The van der Waals surface area contributed by atoms with Gasteiger partial charge in [-0.1, -0.05) is 12.1 Å². The highest BCUT2D eigenvalue weighted by Gasteiger charge is 2.12. The molecule has 0 unspecified atom stereocenters. The van der Waals surface area contributed by atoms with Crippen molar-refractivity contribution >= 4 is 21.9 Å². The van der Waals surface area contributed by atoms with Crippen LogP contribution >= 0.6 is 0 Å². The average Bonchev–Trinajstić information content (AvgIpc) is 3.09. The van der Waals surface area contributed by atoms with Gasteiger partial charge in [0.25, 0.3) is 0 Å². The van der Waals surface area contributed by atoms with Crippen LogP contribution in [0.2, 0.25) is 0 Å². The van der Waals surface area contributed by atoms with Gasteiger partial charge < -0.3 is 9.72 Å². The maximum absolute atomic E-state index is 5.27. The molecule has 0 aliphatic carbocycles. The zero-order valence-electron chi connectivity index (χ0n) is 10.8. The number of methoxy groups -OCH3 is 1. The Morgan fingerprint density at radius 2 is 1.95 bits per heavy atom. The molecule has 0 saturated heterocycles. The maximum atomic E-state index is 5.27. The SMILES string of the molecule is COc1ccc2[nH]nc(-c3nc4ccccc4[nH]3)c2c1. The van der Waals surface area contributed by atoms with Gasteiger partial charge in [-0.25, -0.2) is 4.98 Å². The summed E-state index contributed by atoms with van der Waals surface area (Å²) in [5, 5.41) is 8.37. The van der Waals surface area contributed by atoms with Crippen molar-refractivity contribution in [2.75, 3.05) is 7.11 Å². The van der Waals surface area contributed by atoms with Crippen LogP contribution in [0.5, 0.6) is 5.75 Å². The Kier molecular flexibility index (Phi) is 2.26. The smallest absolute Gasteiger partial charge is 0.159 e. The summed E-state index contributed by atoms with van der Waals surface area (Å²) in [5.41, 5.74) is 3.69. The first-order chi connectivity index (χ1) is 9.85. The number of imidazole rings is 1. The van der Waals surface area contributed by atoms with E-state index in [1.165, 1.54) is 0 Å². The highest BCUT2D eigenvalue weighted by Crippen LogP contribution is 2.28. The van der Waals surface area contributed by atoms with Crippen molar-refractivity contribution in [1.29, 1.82) is 0 Å². The molecule has 4 rings (SSSR count). The lowest BCUT2D eigenvalue weighted by Gasteiger charge is -1.99. The molecule has 2 N–H and O–H groups in total. The van der Waals surface area contributed by atoms with Gasteiger partial charge in [0, 0.05) is 5.39 Å². The second kappa shape index (κ2) is 4.09. The first-order valence-electron chi connectivity index (χ1n) is 6.32. The van der Waals surface area contributed by atoms with E-state index in [9.17, 15) is 0 Å². The summed E-state index contributed by atoms with van der Waals surface area (Å²) in [6.45, 7) is 0. The molecule has 0 spiro atoms. The van der Waals surface area contributed by atoms with Gasteiger partial charge in [-0.3, -0.25) is 5.10 Å². The van der Waals surface area contributed by atoms with Crippen molar-refractivity contribution in [3.63, 3.8) is 0 Å². The van der Waals surface area contributed by atoms with Crippen LogP contribution in [0, 0.1) is 0 Å². The van der Waals surface area contributed by atoms with E-state index in [-0.39, 0.29) is 0 Å². The Balaban J connectivity index is 1.96. The van der Waals surface area contributed by atoms with E-state index in [1.807, 2.05) is 42.5 Å². The van der Waals surface area contributed by atoms with E-state index >= 15 is 0 Å². The standard InChI is InChI=1S/C15H12N4O/c1-20-9-6-7-11-10(8-9)14(19-18-11)15-16-12-4-2-3-5-13(12)17-15/h2-8H,1H3,(H,16,17)(H,18,19). The third-order valence-corrected chi connectivity index (χ3v) is 3.38. The lowest BCUT2D eigenvalue weighted by Crippen LogP contribution is -1.83. The quantitative estimate of drug-likeness (QED) is 0.584. The van der Waals surface area contributed by atoms with Crippen molar-refractivity contribution in [3.8, 4) is 17.3 Å². The predicted octanol–water partition coefficient (Wildman–Crippen LogP) is 3.11. The van der Waals surface area contributed by atoms with Crippen LogP contribution in [0.15, 0.2) is 42.5 Å². The normalized spacial score (nSPS) is 11.2. The molecule has 0 aliphatic heterocycles. The number of rotatable bonds is 2. The summed E-state index contributed by atoms with van der Waals surface area (Å²) in [5.74, 6) is 1.56. The molecule has 0 amide bonds. The van der Waals surface area contributed by atoms with Crippen LogP contribution in [0.3, 0.4) is 0 Å². The van der Waals surface area contributed by atoms with Crippen LogP contribution in [0.4, 0.5) is 0 Å². The fraction of sp³-hybridized carbons (Fsp3) is 0.0667. The molecule has 98 valence electrons. The number of benzene rings is 2. The van der Waals surface area contributed by atoms with Gasteiger partial charge >= 0.3 is 0 Å². The molecule has 0 atom stereocenters. The zero-order valence-corrected chi connectivity index (χ0v) is 10.8. The number of nitrogens with one attached hydrogen (secondary N) is 2. The highest BCUT2D eigenvalue weighted by atomic mass is 16.5. The first-order valence-corrected chi connectivity index (χ1v) is 6.32. The number of aromatic amines is 2. The van der Waals surface area contributed by atoms with Crippen molar-refractivity contribution < 1.29 is 4.74 Å². The summed E-state index contributed by atoms with van der Waals surface area (Å²) in [6.07, 6.45) is 0. The number of hydrogen-bond acceptors (Lipinski definition) is 3. The minimum absolute atomic E-state index is 0.755. The number of hydrogen-bond donors (Lipinski definition) is 2. The topological polar surface area (TPSA) is 66.6 Å². The molecule has 5 nitrogen and oxygen atoms in total. The second-order valence-corrected chi connectivity index (χ2v) is 4.59. The molecule has 4 aromatic rings. The number of para-hydroxylation sites is 2. The van der Waals surface area contributed by atoms with Gasteiger partial charge in [0.1, 0.15) is 11.4 Å². The molecular weight excluding hydrogens is 252 g/mol. The Hall–Kier alpha value is -2.82. The lowest BCUT2D eigenvalue weighted by molar-refractivity contribution is 0.415. The Labute approximate surface area is 114 Å². The number of nitrogens with zero attached hydrogens (tertiary/aromatic N) is 2. The van der Waals surface area contributed by atoms with E-state index in [0.29, 0.717) is 0 Å². The number of fused-ring (bicyclic) bond motifs is 2. The molecule has 5 heteroatoms. The van der Waals surface area contributed by atoms with Crippen molar-refractivity contribution in [2.45, 2.75) is 0 Å². The van der Waals surface area contributed by atoms with Gasteiger partial charge in [0.2, 0.25) is 0 Å². The van der Waals surface area contributed by atoms with E-state index in [0.717, 1.165) is 39.2 Å². The summed E-state index contributed by atoms with van der Waals surface area (Å²) in [7, 11) is 1.65. The monoisotopic (exact) mass is 264 g/mol. The molecule has 0 radical (unpaired) electrons. The van der Waals surface area contributed by atoms with E-state index in [4.69, 9.17) is 4.74 Å². The predicted molar refractivity (Wildman–Crippen MR) is 77.7 cm³/mol. The van der Waals surface area contributed by atoms with E-state index in [1.54, 1.807) is 7.11 Å². The number of H-pyrrole nitrogens is 2. The third kappa shape index (κ3) is 1.56. The fourth-order valence-corrected chi connectivity index (χ4v) is 2.37. The summed E-state index contributed by atoms with van der Waals surface area (Å²) >= 11 is 0. The largest absolute Gasteiger partial charge is 0.497 e. The summed E-state index contributed by atoms with van der Waals surface area (Å²) in [4.78, 5) is 7.88. The second-order valence-electron chi connectivity index (χ2n) is 4.59. The maximum Gasteiger partial charge on any atom is 0.159 e. The molecule has 0 fully saturated rings. The molecule has 2 aromatic heterocycles. The van der Waals surface area contributed by atoms with Crippen molar-refractivity contribution in [3.05, 3.63) is 42.5 Å². The summed E-state index contributed by atoms with van der Waals surface area (Å²) < 4.78 is 5.27. The average molecular weight is 264 g/mol. The number of aromatic nitrogens is 4. The van der Waals surface area contributed by atoms with Crippen LogP contribution in [-0.2, 0) is 0 Å². The Morgan fingerprint density at radius 3 is 2.80 bits per heavy atom. The minimum atomic E-state index is 0.755. The van der Waals surface area contributed by atoms with E-state index < -0.39 is 0 Å². The zero-order chi connectivity index (χ0) is 13.5. The van der Waals surface area contributed by atoms with E-state index in [2.05, 4.69) is 20.2 Å². The molecule has 0 saturated carbocycles. The molecule has 20 heavy (non-hydrogen) atoms. The molecule has 2 aromatic carbocycles. The van der Waals surface area contributed by atoms with Gasteiger partial charge in [0.15, 0.2) is 5.82 Å². The van der Waals surface area contributed by atoms with Crippen LogP contribution < -0.4 is 4.74 Å². The van der Waals surface area contributed by atoms with Crippen LogP contribution in [0.1, 0.15) is 0 Å². The van der Waals surface area contributed by atoms with Crippen molar-refractivity contribution in [2.24, 2.45) is 0 Å². The number of ether oxygens (including phenoxy) is 1. The summed E-state index contributed by atoms with van der Waals surface area (Å²) in [6, 6.07) is 13.7. The molecule has 0 bridgehead atoms. The first kappa shape index (κ1) is 11.0. The lowest BCUT2D eigenvalue weighted by atomic mass is 10.2.